The number of rotatable bonds is 4. The first-order chi connectivity index (χ1) is 14.7. The van der Waals surface area contributed by atoms with Gasteiger partial charge in [-0.1, -0.05) is 0 Å². The van der Waals surface area contributed by atoms with Crippen LogP contribution < -0.4 is 5.32 Å². The third-order valence-electron chi connectivity index (χ3n) is 4.59. The van der Waals surface area contributed by atoms with Gasteiger partial charge in [0.2, 0.25) is 0 Å². The third kappa shape index (κ3) is 3.46. The topological polar surface area (TPSA) is 94.3 Å². The van der Waals surface area contributed by atoms with Crippen molar-refractivity contribution in [3.05, 3.63) is 78.5 Å². The highest BCUT2D eigenvalue weighted by Crippen LogP contribution is 2.24. The van der Waals surface area contributed by atoms with Crippen LogP contribution in [0.2, 0.25) is 0 Å². The highest BCUT2D eigenvalue weighted by atomic mass is 15.2. The summed E-state index contributed by atoms with van der Waals surface area (Å²) >= 11 is 0. The number of hydrogen-bond donors (Lipinski definition) is 1. The summed E-state index contributed by atoms with van der Waals surface area (Å²) in [6.07, 6.45) is 3.45. The van der Waals surface area contributed by atoms with Crippen LogP contribution in [-0.4, -0.2) is 34.9 Å². The molecule has 0 aliphatic carbocycles. The second kappa shape index (κ2) is 7.32. The van der Waals surface area contributed by atoms with E-state index in [0.29, 0.717) is 11.5 Å². The Labute approximate surface area is 172 Å². The Morgan fingerprint density at radius 2 is 1.87 bits per heavy atom. The summed E-state index contributed by atoms with van der Waals surface area (Å²) in [4.78, 5) is 9.28. The number of pyridine rings is 1. The van der Waals surface area contributed by atoms with Crippen LogP contribution in [0.5, 0.6) is 0 Å². The first-order valence-electron chi connectivity index (χ1n) is 9.39. The van der Waals surface area contributed by atoms with E-state index in [-0.39, 0.29) is 0 Å². The molecule has 0 spiro atoms. The lowest BCUT2D eigenvalue weighted by atomic mass is 10.2. The number of hydrogen-bond acceptors (Lipinski definition) is 7. The van der Waals surface area contributed by atoms with Crippen LogP contribution in [0, 0.1) is 19.9 Å². The quantitative estimate of drug-likeness (QED) is 0.496. The molecule has 4 heterocycles. The minimum Gasteiger partial charge on any atom is -0.339 e. The fourth-order valence-electron chi connectivity index (χ4n) is 3.15. The highest BCUT2D eigenvalue weighted by molar-refractivity contribution is 5.82. The van der Waals surface area contributed by atoms with Crippen molar-refractivity contribution in [2.45, 2.75) is 13.8 Å². The second-order valence-electron chi connectivity index (χ2n) is 6.88. The summed E-state index contributed by atoms with van der Waals surface area (Å²) in [7, 11) is 0. The fraction of sp³-hybridized carbons (Fsp3) is 0.0909. The van der Waals surface area contributed by atoms with Crippen LogP contribution >= 0.6 is 0 Å². The lowest BCUT2D eigenvalue weighted by Gasteiger charge is -2.08. The minimum absolute atomic E-state index is 0.686. The van der Waals surface area contributed by atoms with Gasteiger partial charge in [-0.15, -0.1) is 5.10 Å². The average Bonchev–Trinajstić information content (AvgIpc) is 3.19. The third-order valence-corrected chi connectivity index (χ3v) is 4.59. The van der Waals surface area contributed by atoms with Gasteiger partial charge >= 0.3 is 0 Å². The molecule has 0 fully saturated rings. The van der Waals surface area contributed by atoms with Crippen LogP contribution in [0.15, 0.2) is 61.1 Å². The Morgan fingerprint density at radius 3 is 2.70 bits per heavy atom. The molecular formula is C22H17N8. The van der Waals surface area contributed by atoms with Crippen LogP contribution in [0.3, 0.4) is 0 Å². The predicted molar refractivity (Wildman–Crippen MR) is 114 cm³/mol. The van der Waals surface area contributed by atoms with Crippen LogP contribution in [0.25, 0.3) is 28.1 Å². The van der Waals surface area contributed by atoms with Crippen molar-refractivity contribution in [3.8, 4) is 17.1 Å². The molecule has 5 rings (SSSR count). The molecule has 4 aromatic heterocycles. The summed E-state index contributed by atoms with van der Waals surface area (Å²) in [6, 6.07) is 18.6. The van der Waals surface area contributed by atoms with Gasteiger partial charge in [0.1, 0.15) is 12.1 Å². The van der Waals surface area contributed by atoms with Crippen molar-refractivity contribution >= 4 is 22.5 Å². The van der Waals surface area contributed by atoms with Crippen LogP contribution in [-0.2, 0) is 0 Å². The monoisotopic (exact) mass is 393 g/mol. The van der Waals surface area contributed by atoms with Gasteiger partial charge in [0.15, 0.2) is 5.82 Å². The van der Waals surface area contributed by atoms with Gasteiger partial charge in [-0.05, 0) is 62.4 Å². The SMILES string of the molecule is Cc1cc(-c2[c]ccc(-n3cnc4cc(Nc5ccc(C)nn5)ccc43)n2)cnn1. The molecule has 8 heteroatoms. The number of nitrogens with one attached hydrogen (secondary N) is 1. The van der Waals surface area contributed by atoms with Gasteiger partial charge in [0, 0.05) is 17.3 Å². The van der Waals surface area contributed by atoms with E-state index < -0.39 is 0 Å². The van der Waals surface area contributed by atoms with Gasteiger partial charge in [-0.2, -0.15) is 15.3 Å². The lowest BCUT2D eigenvalue weighted by Crippen LogP contribution is -1.98. The maximum atomic E-state index is 4.74. The second-order valence-corrected chi connectivity index (χ2v) is 6.88. The normalized spacial score (nSPS) is 11.0. The molecule has 0 saturated carbocycles. The van der Waals surface area contributed by atoms with E-state index in [1.807, 2.05) is 66.9 Å². The summed E-state index contributed by atoms with van der Waals surface area (Å²) in [5.74, 6) is 1.44. The zero-order chi connectivity index (χ0) is 20.5. The smallest absolute Gasteiger partial charge is 0.153 e. The van der Waals surface area contributed by atoms with E-state index in [1.54, 1.807) is 12.5 Å². The van der Waals surface area contributed by atoms with Gasteiger partial charge in [-0.3, -0.25) is 4.57 Å². The van der Waals surface area contributed by atoms with Crippen molar-refractivity contribution < 1.29 is 0 Å². The maximum absolute atomic E-state index is 4.74. The first-order valence-corrected chi connectivity index (χ1v) is 9.39. The highest BCUT2D eigenvalue weighted by Gasteiger charge is 2.09. The number of benzene rings is 1. The molecule has 0 amide bonds. The number of aryl methyl sites for hydroxylation is 2. The summed E-state index contributed by atoms with van der Waals surface area (Å²) < 4.78 is 1.95. The molecule has 0 bridgehead atoms. The molecule has 0 unspecified atom stereocenters. The van der Waals surface area contributed by atoms with E-state index in [0.717, 1.165) is 39.5 Å². The molecule has 1 N–H and O–H groups in total. The molecule has 0 aliphatic rings. The number of anilines is 2. The Kier molecular flexibility index (Phi) is 4.36. The maximum Gasteiger partial charge on any atom is 0.153 e. The Bertz CT molecular complexity index is 1340. The number of nitrogens with zero attached hydrogens (tertiary/aromatic N) is 7. The molecule has 5 aromatic rings. The molecule has 0 aliphatic heterocycles. The van der Waals surface area contributed by atoms with E-state index in [4.69, 9.17) is 4.98 Å². The summed E-state index contributed by atoms with van der Waals surface area (Å²) in [5, 5.41) is 19.5. The van der Waals surface area contributed by atoms with Crippen molar-refractivity contribution in [2.24, 2.45) is 0 Å². The van der Waals surface area contributed by atoms with E-state index >= 15 is 0 Å². The Balaban J connectivity index is 1.48. The van der Waals surface area contributed by atoms with Gasteiger partial charge in [0.05, 0.1) is 34.3 Å². The molecule has 145 valence electrons. The van der Waals surface area contributed by atoms with Gasteiger partial charge in [-0.25, -0.2) is 9.97 Å². The summed E-state index contributed by atoms with van der Waals surface area (Å²) in [6.45, 7) is 3.81. The van der Waals surface area contributed by atoms with Crippen LogP contribution in [0.4, 0.5) is 11.5 Å². The van der Waals surface area contributed by atoms with Crippen molar-refractivity contribution in [3.63, 3.8) is 0 Å². The minimum atomic E-state index is 0.686. The Hall–Kier alpha value is -4.20. The zero-order valence-electron chi connectivity index (χ0n) is 16.4. The van der Waals surface area contributed by atoms with Gasteiger partial charge in [0.25, 0.3) is 0 Å². The van der Waals surface area contributed by atoms with Crippen molar-refractivity contribution in [1.29, 1.82) is 0 Å². The molecule has 0 atom stereocenters. The largest absolute Gasteiger partial charge is 0.339 e. The zero-order valence-corrected chi connectivity index (χ0v) is 16.4. The number of aromatic nitrogens is 7. The first kappa shape index (κ1) is 17.9. The fourth-order valence-corrected chi connectivity index (χ4v) is 3.15. The van der Waals surface area contributed by atoms with Crippen LogP contribution in [0.1, 0.15) is 11.4 Å². The molecule has 30 heavy (non-hydrogen) atoms. The predicted octanol–water partition coefficient (Wildman–Crippen LogP) is 3.83. The molecule has 0 saturated heterocycles. The van der Waals surface area contributed by atoms with E-state index in [2.05, 4.69) is 36.8 Å². The molecule has 8 nitrogen and oxygen atoms in total. The molecule has 1 radical (unpaired) electrons. The molecule has 1 aromatic carbocycles. The lowest BCUT2D eigenvalue weighted by molar-refractivity contribution is 0.976. The summed E-state index contributed by atoms with van der Waals surface area (Å²) in [5.41, 5.74) is 5.98. The standard InChI is InChI=1S/C22H17N8/c1-14-6-9-21(29-28-14)25-17-7-8-20-19(11-17)23-13-30(20)22-5-3-4-18(26-22)16-10-15(2)27-24-12-16/h3,5-13H,1-2H3,(H,25,29). The van der Waals surface area contributed by atoms with Crippen molar-refractivity contribution in [2.75, 3.05) is 5.32 Å². The van der Waals surface area contributed by atoms with E-state index in [9.17, 15) is 0 Å². The Morgan fingerprint density at radius 1 is 0.933 bits per heavy atom. The van der Waals surface area contributed by atoms with E-state index in [1.165, 1.54) is 0 Å². The van der Waals surface area contributed by atoms with Gasteiger partial charge < -0.3 is 5.32 Å². The number of fused-ring (bicyclic) bond motifs is 1. The molecular weight excluding hydrogens is 376 g/mol. The average molecular weight is 393 g/mol. The van der Waals surface area contributed by atoms with Crippen molar-refractivity contribution in [1.82, 2.24) is 34.9 Å². The number of imidazole rings is 1.